The zero-order valence-electron chi connectivity index (χ0n) is 8.96. The number of hydrogen-bond acceptors (Lipinski definition) is 6. The molecule has 10 nitrogen and oxygen atoms in total. The molecule has 6 N–H and O–H groups in total. The summed E-state index contributed by atoms with van der Waals surface area (Å²) in [5, 5.41) is 16.2. The van der Waals surface area contributed by atoms with Gasteiger partial charge in [0, 0.05) is 42.8 Å². The Kier molecular flexibility index (Phi) is 22.7. The molecule has 13 heteroatoms. The summed E-state index contributed by atoms with van der Waals surface area (Å²) in [6.07, 6.45) is 1.44. The van der Waals surface area contributed by atoms with Crippen LogP contribution in [0.25, 0.3) is 0 Å². The summed E-state index contributed by atoms with van der Waals surface area (Å²) < 4.78 is 63.2. The molecule has 0 saturated carbocycles. The van der Waals surface area contributed by atoms with Gasteiger partial charge in [0.15, 0.2) is 0 Å². The van der Waals surface area contributed by atoms with Crippen molar-refractivity contribution in [1.82, 2.24) is 0 Å². The van der Waals surface area contributed by atoms with Crippen LogP contribution in [0.2, 0.25) is 0 Å². The number of unbranched alkanes of at least 4 members (excludes halogenated alkanes) is 1. The van der Waals surface area contributed by atoms with E-state index in [1.165, 1.54) is 0 Å². The first-order chi connectivity index (χ1) is 6.91. The van der Waals surface area contributed by atoms with E-state index in [1.54, 1.807) is 0 Å². The van der Waals surface area contributed by atoms with E-state index in [4.69, 9.17) is 45.3 Å². The molecule has 0 aliphatic carbocycles. The first kappa shape index (κ1) is 26.3. The van der Waals surface area contributed by atoms with Crippen LogP contribution >= 0.6 is 0 Å². The number of aliphatic hydroxyl groups is 2. The fraction of sp³-hybridized carbons (Fsp3) is 1.00. The van der Waals surface area contributed by atoms with Crippen molar-refractivity contribution >= 4 is 50.4 Å². The van der Waals surface area contributed by atoms with Crippen molar-refractivity contribution in [2.24, 2.45) is 0 Å². The minimum Gasteiger partial charge on any atom is -0.396 e. The second-order valence-electron chi connectivity index (χ2n) is 2.05. The minimum absolute atomic E-state index is 0. The summed E-state index contributed by atoms with van der Waals surface area (Å²) >= 11 is 0. The van der Waals surface area contributed by atoms with Gasteiger partial charge in [0.2, 0.25) is 0 Å². The molecule has 0 aromatic heterocycles. The Hall–Kier alpha value is 0.660. The zero-order valence-corrected chi connectivity index (χ0v) is 12.6. The number of hydrogen-bond donors (Lipinski definition) is 6. The topological polar surface area (TPSA) is 190 Å². The molecule has 0 bridgehead atoms. The maximum atomic E-state index is 8.74. The van der Waals surface area contributed by atoms with E-state index in [0.717, 1.165) is 12.8 Å². The smallest absolute Gasteiger partial charge is 0.394 e. The Labute approximate surface area is 121 Å². The van der Waals surface area contributed by atoms with Crippen LogP contribution in [-0.4, -0.2) is 88.0 Å². The Morgan fingerprint density at radius 2 is 0.765 bits per heavy atom. The predicted molar refractivity (Wildman–Crippen MR) is 57.5 cm³/mol. The van der Waals surface area contributed by atoms with E-state index in [-0.39, 0.29) is 42.8 Å². The van der Waals surface area contributed by atoms with Crippen molar-refractivity contribution < 1.29 is 45.3 Å². The Bertz CT molecular complexity index is 270. The Balaban J connectivity index is -0.0000000729. The van der Waals surface area contributed by atoms with Gasteiger partial charge in [-0.2, -0.15) is 16.8 Å². The van der Waals surface area contributed by atoms with Crippen molar-refractivity contribution in [1.29, 1.82) is 0 Å². The standard InChI is InChI=1S/C4H10O2.Na.2H2O4S/c5-3-1-2-4-6;;2*1-5(2,3)4/h5-6H,1-4H2;;2*(H2,1,2,3,4). The molecule has 0 aromatic carbocycles. The van der Waals surface area contributed by atoms with Gasteiger partial charge in [-0.15, -0.1) is 0 Å². The van der Waals surface area contributed by atoms with Crippen LogP contribution in [0.15, 0.2) is 0 Å². The average molecular weight is 309 g/mol. The molecule has 103 valence electrons. The van der Waals surface area contributed by atoms with Crippen LogP contribution in [0.4, 0.5) is 0 Å². The van der Waals surface area contributed by atoms with Gasteiger partial charge in [-0.3, -0.25) is 18.2 Å². The van der Waals surface area contributed by atoms with Gasteiger partial charge >= 0.3 is 20.8 Å². The van der Waals surface area contributed by atoms with Crippen molar-refractivity contribution in [2.75, 3.05) is 13.2 Å². The summed E-state index contributed by atoms with van der Waals surface area (Å²) in [6, 6.07) is 0. The molecule has 17 heavy (non-hydrogen) atoms. The molecule has 1 radical (unpaired) electrons. The van der Waals surface area contributed by atoms with Crippen LogP contribution in [-0.2, 0) is 20.8 Å². The van der Waals surface area contributed by atoms with Gasteiger partial charge < -0.3 is 10.2 Å². The fourth-order valence-corrected chi connectivity index (χ4v) is 0.224. The van der Waals surface area contributed by atoms with Crippen molar-refractivity contribution in [3.05, 3.63) is 0 Å². The molecular weight excluding hydrogens is 295 g/mol. The maximum Gasteiger partial charge on any atom is 0.394 e. The summed E-state index contributed by atoms with van der Waals surface area (Å²) in [7, 11) is -9.33. The molecule has 0 atom stereocenters. The van der Waals surface area contributed by atoms with Crippen LogP contribution < -0.4 is 0 Å². The van der Waals surface area contributed by atoms with Gasteiger partial charge in [0.05, 0.1) is 0 Å². The van der Waals surface area contributed by atoms with Gasteiger partial charge in [0.25, 0.3) is 0 Å². The molecule has 0 unspecified atom stereocenters. The Morgan fingerprint density at radius 1 is 0.647 bits per heavy atom. The summed E-state index contributed by atoms with van der Waals surface area (Å²) in [6.45, 7) is 0.390. The molecular formula is C4H14NaO10S2. The Morgan fingerprint density at radius 3 is 0.824 bits per heavy atom. The molecule has 0 fully saturated rings. The van der Waals surface area contributed by atoms with Crippen LogP contribution in [0.1, 0.15) is 12.8 Å². The van der Waals surface area contributed by atoms with E-state index in [0.29, 0.717) is 0 Å². The molecule has 0 saturated heterocycles. The van der Waals surface area contributed by atoms with E-state index in [2.05, 4.69) is 0 Å². The molecule has 0 amide bonds. The first-order valence-corrected chi connectivity index (χ1v) is 6.32. The molecule has 0 rings (SSSR count). The van der Waals surface area contributed by atoms with Gasteiger partial charge in [0.1, 0.15) is 0 Å². The third-order valence-corrected chi connectivity index (χ3v) is 0.566. The molecule has 0 aromatic rings. The quantitative estimate of drug-likeness (QED) is 0.194. The normalized spacial score (nSPS) is 10.0. The van der Waals surface area contributed by atoms with E-state index in [1.807, 2.05) is 0 Å². The van der Waals surface area contributed by atoms with Crippen LogP contribution in [0.3, 0.4) is 0 Å². The summed E-state index contributed by atoms with van der Waals surface area (Å²) in [5.41, 5.74) is 0. The fourth-order valence-electron chi connectivity index (χ4n) is 0.224. The van der Waals surface area contributed by atoms with Crippen molar-refractivity contribution in [2.45, 2.75) is 12.8 Å². The SMILES string of the molecule is O=S(=O)(O)O.O=S(=O)(O)O.OCCCCO.[Na]. The predicted octanol–water partition coefficient (Wildman–Crippen LogP) is -1.94. The largest absolute Gasteiger partial charge is 0.396 e. The van der Waals surface area contributed by atoms with Crippen LogP contribution in [0.5, 0.6) is 0 Å². The van der Waals surface area contributed by atoms with Gasteiger partial charge in [-0.05, 0) is 12.8 Å². The van der Waals surface area contributed by atoms with Gasteiger partial charge in [-0.1, -0.05) is 0 Å². The molecule has 0 aliphatic rings. The monoisotopic (exact) mass is 309 g/mol. The van der Waals surface area contributed by atoms with Crippen molar-refractivity contribution in [3.8, 4) is 0 Å². The van der Waals surface area contributed by atoms with Gasteiger partial charge in [-0.25, -0.2) is 0 Å². The summed E-state index contributed by atoms with van der Waals surface area (Å²) in [5.74, 6) is 0. The number of rotatable bonds is 3. The maximum absolute atomic E-state index is 8.74. The van der Waals surface area contributed by atoms with E-state index in [9.17, 15) is 0 Å². The first-order valence-electron chi connectivity index (χ1n) is 3.53. The average Bonchev–Trinajstić information content (AvgIpc) is 1.94. The molecule has 0 aliphatic heterocycles. The molecule has 0 heterocycles. The molecule has 0 spiro atoms. The summed E-state index contributed by atoms with van der Waals surface area (Å²) in [4.78, 5) is 0. The van der Waals surface area contributed by atoms with E-state index >= 15 is 0 Å². The minimum atomic E-state index is -4.67. The van der Waals surface area contributed by atoms with Crippen LogP contribution in [0, 0.1) is 0 Å². The zero-order chi connectivity index (χ0) is 13.8. The third kappa shape index (κ3) is 267. The second-order valence-corrected chi connectivity index (χ2v) is 3.84. The second kappa shape index (κ2) is 14.7. The van der Waals surface area contributed by atoms with E-state index < -0.39 is 20.8 Å². The van der Waals surface area contributed by atoms with Crippen molar-refractivity contribution in [3.63, 3.8) is 0 Å². The number of aliphatic hydroxyl groups excluding tert-OH is 2. The third-order valence-electron chi connectivity index (χ3n) is 0.566.